The Morgan fingerprint density at radius 3 is 1.94 bits per heavy atom. The minimum absolute atomic E-state index is 0.0101. The van der Waals surface area contributed by atoms with Gasteiger partial charge in [0.05, 0.1) is 25.6 Å². The van der Waals surface area contributed by atoms with Crippen molar-refractivity contribution >= 4 is 23.4 Å². The van der Waals surface area contributed by atoms with Crippen molar-refractivity contribution in [1.82, 2.24) is 10.6 Å². The molecule has 1 fully saturated rings. The maximum atomic E-state index is 12.7. The van der Waals surface area contributed by atoms with Crippen LogP contribution in [0.25, 0.3) is 0 Å². The van der Waals surface area contributed by atoms with E-state index in [1.165, 1.54) is 0 Å². The summed E-state index contributed by atoms with van der Waals surface area (Å²) in [6.07, 6.45) is 2.54. The Morgan fingerprint density at radius 2 is 1.38 bits per heavy atom. The first-order chi connectivity index (χ1) is 16.1. The van der Waals surface area contributed by atoms with Gasteiger partial charge in [-0.25, -0.2) is 9.59 Å². The van der Waals surface area contributed by atoms with Crippen LogP contribution in [0.3, 0.4) is 0 Å². The van der Waals surface area contributed by atoms with E-state index in [4.69, 9.17) is 9.47 Å². The molecule has 8 nitrogen and oxygen atoms in total. The number of ether oxygens (including phenoxy) is 2. The Balaban J connectivity index is 1.59. The van der Waals surface area contributed by atoms with Gasteiger partial charge in [0.15, 0.2) is 0 Å². The zero-order chi connectivity index (χ0) is 24.8. The largest absolute Gasteiger partial charge is 0.495 e. The Kier molecular flexibility index (Phi) is 7.91. The van der Waals surface area contributed by atoms with E-state index in [1.54, 1.807) is 38.5 Å². The summed E-state index contributed by atoms with van der Waals surface area (Å²) >= 11 is 0. The van der Waals surface area contributed by atoms with Crippen molar-refractivity contribution in [3.8, 4) is 11.5 Å². The van der Waals surface area contributed by atoms with E-state index < -0.39 is 0 Å². The number of benzene rings is 2. The summed E-state index contributed by atoms with van der Waals surface area (Å²) in [6.45, 7) is 7.05. The number of carbonyl (C=O) groups excluding carboxylic acids is 2. The molecule has 4 amide bonds. The van der Waals surface area contributed by atoms with Crippen molar-refractivity contribution in [3.63, 3.8) is 0 Å². The van der Waals surface area contributed by atoms with E-state index in [-0.39, 0.29) is 28.9 Å². The molecule has 2 aromatic rings. The van der Waals surface area contributed by atoms with Gasteiger partial charge in [-0.2, -0.15) is 0 Å². The van der Waals surface area contributed by atoms with Crippen LogP contribution in [0.2, 0.25) is 0 Å². The first-order valence-corrected chi connectivity index (χ1v) is 11.5. The molecular formula is C26H36N4O4. The van der Waals surface area contributed by atoms with Gasteiger partial charge in [0, 0.05) is 12.6 Å². The van der Waals surface area contributed by atoms with Crippen molar-refractivity contribution in [2.45, 2.75) is 46.1 Å². The summed E-state index contributed by atoms with van der Waals surface area (Å²) < 4.78 is 10.6. The number of hydrogen-bond acceptors (Lipinski definition) is 4. The molecule has 8 heteroatoms. The van der Waals surface area contributed by atoms with Crippen LogP contribution in [0.15, 0.2) is 48.5 Å². The third kappa shape index (κ3) is 6.79. The lowest BCUT2D eigenvalue weighted by atomic mass is 9.62. The number of nitrogens with one attached hydrogen (secondary N) is 4. The number of para-hydroxylation sites is 4. The number of amides is 4. The van der Waals surface area contributed by atoms with Gasteiger partial charge in [0.1, 0.15) is 11.5 Å². The summed E-state index contributed by atoms with van der Waals surface area (Å²) in [5.74, 6) is 1.21. The third-order valence-electron chi connectivity index (χ3n) is 6.16. The smallest absolute Gasteiger partial charge is 0.319 e. The van der Waals surface area contributed by atoms with E-state index in [0.29, 0.717) is 29.4 Å². The van der Waals surface area contributed by atoms with Crippen LogP contribution in [0.4, 0.5) is 21.0 Å². The van der Waals surface area contributed by atoms with E-state index in [2.05, 4.69) is 42.0 Å². The van der Waals surface area contributed by atoms with Crippen LogP contribution in [-0.2, 0) is 0 Å². The molecule has 0 spiro atoms. The quantitative estimate of drug-likeness (QED) is 0.447. The topological polar surface area (TPSA) is 101 Å². The number of rotatable bonds is 7. The molecule has 0 aromatic heterocycles. The minimum Gasteiger partial charge on any atom is -0.495 e. The van der Waals surface area contributed by atoms with Crippen LogP contribution in [-0.4, -0.2) is 38.9 Å². The summed E-state index contributed by atoms with van der Waals surface area (Å²) in [7, 11) is 3.14. The molecule has 0 unspecified atom stereocenters. The van der Waals surface area contributed by atoms with Crippen LogP contribution in [0.5, 0.6) is 11.5 Å². The van der Waals surface area contributed by atoms with Crippen molar-refractivity contribution in [1.29, 1.82) is 0 Å². The molecule has 1 aliphatic carbocycles. The molecule has 2 aromatic carbocycles. The first kappa shape index (κ1) is 25.2. The highest BCUT2D eigenvalue weighted by Crippen LogP contribution is 2.45. The molecule has 3 rings (SSSR count). The van der Waals surface area contributed by atoms with Gasteiger partial charge in [-0.05, 0) is 54.4 Å². The van der Waals surface area contributed by atoms with E-state index in [0.717, 1.165) is 19.3 Å². The highest BCUT2D eigenvalue weighted by Gasteiger charge is 2.42. The van der Waals surface area contributed by atoms with E-state index in [9.17, 15) is 9.59 Å². The number of hydrogen-bond donors (Lipinski definition) is 4. The second-order valence-electron chi connectivity index (χ2n) is 10.1. The second-order valence-corrected chi connectivity index (χ2v) is 10.1. The van der Waals surface area contributed by atoms with Gasteiger partial charge in [0.25, 0.3) is 0 Å². The van der Waals surface area contributed by atoms with Gasteiger partial charge in [-0.1, -0.05) is 45.0 Å². The molecule has 0 radical (unpaired) electrons. The number of methoxy groups -OCH3 is 2. The molecule has 2 atom stereocenters. The fourth-order valence-corrected chi connectivity index (χ4v) is 5.17. The van der Waals surface area contributed by atoms with Gasteiger partial charge >= 0.3 is 12.1 Å². The summed E-state index contributed by atoms with van der Waals surface area (Å²) in [6, 6.07) is 14.0. The van der Waals surface area contributed by atoms with Crippen molar-refractivity contribution in [2.24, 2.45) is 10.8 Å². The molecular weight excluding hydrogens is 432 g/mol. The van der Waals surface area contributed by atoms with Gasteiger partial charge in [-0.15, -0.1) is 0 Å². The van der Waals surface area contributed by atoms with Gasteiger partial charge in [0.2, 0.25) is 0 Å². The Morgan fingerprint density at radius 1 is 0.853 bits per heavy atom. The van der Waals surface area contributed by atoms with Crippen LogP contribution in [0.1, 0.15) is 40.0 Å². The van der Waals surface area contributed by atoms with Crippen molar-refractivity contribution in [3.05, 3.63) is 48.5 Å². The predicted octanol–water partition coefficient (Wildman–Crippen LogP) is 5.23. The Bertz CT molecular complexity index is 1010. The monoisotopic (exact) mass is 468 g/mol. The average molecular weight is 469 g/mol. The molecule has 1 saturated carbocycles. The summed E-state index contributed by atoms with van der Waals surface area (Å²) in [5, 5.41) is 11.9. The number of carbonyl (C=O) groups is 2. The lowest BCUT2D eigenvalue weighted by Crippen LogP contribution is -2.51. The van der Waals surface area contributed by atoms with E-state index in [1.807, 2.05) is 24.3 Å². The van der Waals surface area contributed by atoms with Crippen LogP contribution >= 0.6 is 0 Å². The second kappa shape index (κ2) is 10.7. The predicted molar refractivity (Wildman–Crippen MR) is 135 cm³/mol. The fourth-order valence-electron chi connectivity index (χ4n) is 5.17. The highest BCUT2D eigenvalue weighted by atomic mass is 16.5. The van der Waals surface area contributed by atoms with Gasteiger partial charge in [-0.3, -0.25) is 0 Å². The molecule has 34 heavy (non-hydrogen) atoms. The minimum atomic E-state index is -0.285. The maximum Gasteiger partial charge on any atom is 0.319 e. The first-order valence-electron chi connectivity index (χ1n) is 11.5. The highest BCUT2D eigenvalue weighted by molar-refractivity contribution is 5.91. The third-order valence-corrected chi connectivity index (χ3v) is 6.16. The normalized spacial score (nSPS) is 21.1. The summed E-state index contributed by atoms with van der Waals surface area (Å²) in [4.78, 5) is 25.3. The molecule has 4 N–H and O–H groups in total. The molecule has 0 saturated heterocycles. The number of urea groups is 2. The lowest BCUT2D eigenvalue weighted by Gasteiger charge is -2.46. The Hall–Kier alpha value is -3.42. The standard InChI is InChI=1S/C26H36N4O4/c1-25(2)14-18(28-24(32)30-20-11-7-9-13-22(20)34-5)15-26(3,16-25)17-27-23(31)29-19-10-6-8-12-21(19)33-4/h6-13,18H,14-17H2,1-5H3,(H2,27,29,31)(H2,28,30,32)/t18-,26+/m0/s1. The maximum absolute atomic E-state index is 12.7. The zero-order valence-electron chi connectivity index (χ0n) is 20.7. The van der Waals surface area contributed by atoms with Crippen LogP contribution < -0.4 is 30.7 Å². The fraction of sp³-hybridized carbons (Fsp3) is 0.462. The Labute approximate surface area is 201 Å². The molecule has 184 valence electrons. The SMILES string of the molecule is COc1ccccc1NC(=O)NC[C@]1(C)C[C@@H](NC(=O)Nc2ccccc2OC)CC(C)(C)C1. The molecule has 1 aliphatic rings. The molecule has 0 bridgehead atoms. The van der Waals surface area contributed by atoms with Crippen molar-refractivity contribution < 1.29 is 19.1 Å². The summed E-state index contributed by atoms with van der Waals surface area (Å²) in [5.41, 5.74) is 1.07. The lowest BCUT2D eigenvalue weighted by molar-refractivity contribution is 0.0761. The van der Waals surface area contributed by atoms with Gasteiger partial charge < -0.3 is 30.7 Å². The van der Waals surface area contributed by atoms with E-state index >= 15 is 0 Å². The van der Waals surface area contributed by atoms with Crippen molar-refractivity contribution in [2.75, 3.05) is 31.4 Å². The van der Waals surface area contributed by atoms with Crippen LogP contribution in [0, 0.1) is 10.8 Å². The molecule has 0 heterocycles. The number of anilines is 2. The average Bonchev–Trinajstić information content (AvgIpc) is 2.77. The molecule has 0 aliphatic heterocycles. The zero-order valence-corrected chi connectivity index (χ0v) is 20.7.